The number of aromatic nitrogens is 2. The molecule has 2 aromatic carbocycles. The van der Waals surface area contributed by atoms with E-state index in [0.29, 0.717) is 17.5 Å². The molecule has 0 spiro atoms. The SMILES string of the molecule is CCOc1ccc(-c2noc(-c3ccc(CS(=O)(=O)c4ccc(C)c(Cl)c4)o3)n2)cc1. The molecule has 0 aliphatic heterocycles. The second-order valence-electron chi connectivity index (χ2n) is 6.82. The minimum atomic E-state index is -3.62. The van der Waals surface area contributed by atoms with Gasteiger partial charge in [-0.2, -0.15) is 4.98 Å². The van der Waals surface area contributed by atoms with Gasteiger partial charge in [0.1, 0.15) is 17.3 Å². The van der Waals surface area contributed by atoms with Crippen LogP contribution in [-0.2, 0) is 15.6 Å². The maximum atomic E-state index is 12.7. The molecule has 31 heavy (non-hydrogen) atoms. The van der Waals surface area contributed by atoms with Crippen LogP contribution in [0.5, 0.6) is 5.75 Å². The third-order valence-corrected chi connectivity index (χ3v) is 6.60. The Morgan fingerprint density at radius 3 is 2.55 bits per heavy atom. The molecule has 0 saturated carbocycles. The summed E-state index contributed by atoms with van der Waals surface area (Å²) in [7, 11) is -3.62. The van der Waals surface area contributed by atoms with Crippen molar-refractivity contribution in [3.05, 3.63) is 70.9 Å². The van der Waals surface area contributed by atoms with Crippen molar-refractivity contribution in [3.63, 3.8) is 0 Å². The summed E-state index contributed by atoms with van der Waals surface area (Å²) in [6.07, 6.45) is 0. The Morgan fingerprint density at radius 2 is 1.84 bits per heavy atom. The lowest BCUT2D eigenvalue weighted by Gasteiger charge is -2.04. The minimum Gasteiger partial charge on any atom is -0.494 e. The number of ether oxygens (including phenoxy) is 1. The first-order chi connectivity index (χ1) is 14.9. The number of halogens is 1. The van der Waals surface area contributed by atoms with Crippen LogP contribution in [0.15, 0.2) is 68.4 Å². The van der Waals surface area contributed by atoms with Gasteiger partial charge >= 0.3 is 0 Å². The highest BCUT2D eigenvalue weighted by Crippen LogP contribution is 2.28. The number of hydrogen-bond acceptors (Lipinski definition) is 7. The van der Waals surface area contributed by atoms with Crippen molar-refractivity contribution in [1.29, 1.82) is 0 Å². The highest BCUT2D eigenvalue weighted by atomic mass is 35.5. The van der Waals surface area contributed by atoms with E-state index in [1.165, 1.54) is 12.1 Å². The zero-order valence-corrected chi connectivity index (χ0v) is 18.4. The number of rotatable bonds is 7. The first-order valence-electron chi connectivity index (χ1n) is 9.50. The second-order valence-corrected chi connectivity index (χ2v) is 9.21. The van der Waals surface area contributed by atoms with Gasteiger partial charge in [-0.25, -0.2) is 8.42 Å². The fraction of sp³-hybridized carbons (Fsp3) is 0.182. The maximum Gasteiger partial charge on any atom is 0.293 e. The second kappa shape index (κ2) is 8.56. The largest absolute Gasteiger partial charge is 0.494 e. The predicted molar refractivity (Wildman–Crippen MR) is 116 cm³/mol. The van der Waals surface area contributed by atoms with Crippen molar-refractivity contribution in [3.8, 4) is 28.8 Å². The summed E-state index contributed by atoms with van der Waals surface area (Å²) in [5, 5.41) is 4.37. The van der Waals surface area contributed by atoms with Gasteiger partial charge in [0, 0.05) is 10.6 Å². The summed E-state index contributed by atoms with van der Waals surface area (Å²) < 4.78 is 41.7. The van der Waals surface area contributed by atoms with Crippen molar-refractivity contribution < 1.29 is 22.1 Å². The van der Waals surface area contributed by atoms with E-state index >= 15 is 0 Å². The van der Waals surface area contributed by atoms with Crippen molar-refractivity contribution in [2.45, 2.75) is 24.5 Å². The summed E-state index contributed by atoms with van der Waals surface area (Å²) >= 11 is 6.06. The van der Waals surface area contributed by atoms with Gasteiger partial charge in [0.2, 0.25) is 5.82 Å². The molecule has 7 nitrogen and oxygen atoms in total. The van der Waals surface area contributed by atoms with Crippen LogP contribution < -0.4 is 4.74 Å². The van der Waals surface area contributed by atoms with Gasteiger partial charge < -0.3 is 13.7 Å². The monoisotopic (exact) mass is 458 g/mol. The smallest absolute Gasteiger partial charge is 0.293 e. The zero-order valence-electron chi connectivity index (χ0n) is 16.8. The molecule has 0 amide bonds. The normalized spacial score (nSPS) is 11.6. The van der Waals surface area contributed by atoms with Gasteiger partial charge in [0.05, 0.1) is 11.5 Å². The van der Waals surface area contributed by atoms with E-state index in [1.54, 1.807) is 18.2 Å². The van der Waals surface area contributed by atoms with Crippen LogP contribution in [-0.4, -0.2) is 25.2 Å². The van der Waals surface area contributed by atoms with Crippen LogP contribution in [0, 0.1) is 6.92 Å². The lowest BCUT2D eigenvalue weighted by Crippen LogP contribution is -2.04. The van der Waals surface area contributed by atoms with Gasteiger partial charge in [-0.15, -0.1) is 0 Å². The molecule has 0 fully saturated rings. The topological polar surface area (TPSA) is 95.4 Å². The molecule has 0 saturated heterocycles. The Kier molecular flexibility index (Phi) is 5.84. The van der Waals surface area contributed by atoms with E-state index in [4.69, 9.17) is 25.3 Å². The van der Waals surface area contributed by atoms with Crippen LogP contribution in [0.2, 0.25) is 5.02 Å². The fourth-order valence-corrected chi connectivity index (χ4v) is 4.43. The summed E-state index contributed by atoms with van der Waals surface area (Å²) in [4.78, 5) is 4.47. The van der Waals surface area contributed by atoms with Gasteiger partial charge in [-0.05, 0) is 67.9 Å². The lowest BCUT2D eigenvalue weighted by atomic mass is 10.2. The van der Waals surface area contributed by atoms with Gasteiger partial charge in [0.15, 0.2) is 15.6 Å². The quantitative estimate of drug-likeness (QED) is 0.369. The maximum absolute atomic E-state index is 12.7. The number of furan rings is 1. The molecule has 2 heterocycles. The molecule has 9 heteroatoms. The molecular formula is C22H19ClN2O5S. The van der Waals surface area contributed by atoms with E-state index < -0.39 is 9.84 Å². The number of hydrogen-bond donors (Lipinski definition) is 0. The van der Waals surface area contributed by atoms with E-state index in [-0.39, 0.29) is 28.1 Å². The van der Waals surface area contributed by atoms with Crippen LogP contribution in [0.25, 0.3) is 23.0 Å². The van der Waals surface area contributed by atoms with Gasteiger partial charge in [0.25, 0.3) is 5.89 Å². The van der Waals surface area contributed by atoms with Gasteiger partial charge in [-0.1, -0.05) is 22.8 Å². The van der Waals surface area contributed by atoms with Crippen LogP contribution in [0.4, 0.5) is 0 Å². The lowest BCUT2D eigenvalue weighted by molar-refractivity contribution is 0.340. The third-order valence-electron chi connectivity index (χ3n) is 4.56. The predicted octanol–water partition coefficient (Wildman–Crippen LogP) is 5.33. The standard InChI is InChI=1S/C22H19ClN2O5S/c1-3-28-16-7-5-15(6-8-16)21-24-22(30-25-21)20-11-9-17(29-20)13-31(26,27)18-10-4-14(2)19(23)12-18/h4-12H,3,13H2,1-2H3. The number of nitrogens with zero attached hydrogens (tertiary/aromatic N) is 2. The minimum absolute atomic E-state index is 0.136. The Bertz CT molecular complexity index is 1310. The average Bonchev–Trinajstić information content (AvgIpc) is 3.40. The molecule has 4 aromatic rings. The van der Waals surface area contributed by atoms with Crippen molar-refractivity contribution >= 4 is 21.4 Å². The van der Waals surface area contributed by atoms with E-state index in [2.05, 4.69) is 10.1 Å². The van der Waals surface area contributed by atoms with Crippen molar-refractivity contribution in [2.24, 2.45) is 0 Å². The Morgan fingerprint density at radius 1 is 1.06 bits per heavy atom. The van der Waals surface area contributed by atoms with Crippen LogP contribution >= 0.6 is 11.6 Å². The molecule has 0 unspecified atom stereocenters. The summed E-state index contributed by atoms with van der Waals surface area (Å²) in [6, 6.07) is 15.1. The first-order valence-corrected chi connectivity index (χ1v) is 11.5. The highest BCUT2D eigenvalue weighted by Gasteiger charge is 2.20. The Hall–Kier alpha value is -3.10. The highest BCUT2D eigenvalue weighted by molar-refractivity contribution is 7.90. The molecule has 0 bridgehead atoms. The van der Waals surface area contributed by atoms with E-state index in [0.717, 1.165) is 16.9 Å². The van der Waals surface area contributed by atoms with E-state index in [1.807, 2.05) is 38.1 Å². The third kappa shape index (κ3) is 4.65. The zero-order chi connectivity index (χ0) is 22.0. The molecule has 2 aromatic heterocycles. The van der Waals surface area contributed by atoms with Crippen LogP contribution in [0.1, 0.15) is 18.2 Å². The molecule has 4 rings (SSSR count). The molecule has 0 atom stereocenters. The molecular weight excluding hydrogens is 440 g/mol. The molecule has 0 radical (unpaired) electrons. The summed E-state index contributed by atoms with van der Waals surface area (Å²) in [5.74, 6) is 1.53. The molecule has 0 N–H and O–H groups in total. The number of benzene rings is 2. The Labute approximate surface area is 184 Å². The average molecular weight is 459 g/mol. The van der Waals surface area contributed by atoms with E-state index in [9.17, 15) is 8.42 Å². The number of aryl methyl sites for hydroxylation is 1. The first kappa shape index (κ1) is 21.1. The van der Waals surface area contributed by atoms with Gasteiger partial charge in [-0.3, -0.25) is 0 Å². The Balaban J connectivity index is 1.52. The summed E-state index contributed by atoms with van der Waals surface area (Å²) in [6.45, 7) is 4.31. The van der Waals surface area contributed by atoms with Crippen molar-refractivity contribution in [1.82, 2.24) is 10.1 Å². The molecule has 160 valence electrons. The number of sulfone groups is 1. The fourth-order valence-electron chi connectivity index (χ4n) is 2.92. The molecule has 0 aliphatic carbocycles. The van der Waals surface area contributed by atoms with Crippen molar-refractivity contribution in [2.75, 3.05) is 6.61 Å². The van der Waals surface area contributed by atoms with Crippen LogP contribution in [0.3, 0.4) is 0 Å². The summed E-state index contributed by atoms with van der Waals surface area (Å²) in [5.41, 5.74) is 1.56. The molecule has 0 aliphatic rings.